The van der Waals surface area contributed by atoms with Crippen LogP contribution < -0.4 is 0 Å². The number of hydrogen-bond acceptors (Lipinski definition) is 3. The molecule has 0 aliphatic carbocycles. The highest BCUT2D eigenvalue weighted by molar-refractivity contribution is 5.85. The molecule has 3 N–H and O–H groups in total. The van der Waals surface area contributed by atoms with E-state index in [9.17, 15) is 0 Å². The van der Waals surface area contributed by atoms with E-state index in [1.807, 2.05) is 0 Å². The second-order valence-corrected chi connectivity index (χ2v) is 2.13. The average Bonchev–Trinajstić information content (AvgIpc) is 1.65. The zero-order valence-corrected chi connectivity index (χ0v) is 7.43. The predicted molar refractivity (Wildman–Crippen MR) is 43.4 cm³/mol. The fourth-order valence-electron chi connectivity index (χ4n) is 0. The maximum Gasteiger partial charge on any atom is 0.0742 e. The van der Waals surface area contributed by atoms with Crippen molar-refractivity contribution in [3.8, 4) is 0 Å². The summed E-state index contributed by atoms with van der Waals surface area (Å²) in [5.41, 5.74) is 0. The SMILES string of the molecule is CC(C)O.CC(O)CO.Cl. The lowest BCUT2D eigenvalue weighted by atomic mass is 10.5. The van der Waals surface area contributed by atoms with Gasteiger partial charge in [-0.3, -0.25) is 0 Å². The summed E-state index contributed by atoms with van der Waals surface area (Å²) >= 11 is 0. The third kappa shape index (κ3) is 89.2. The summed E-state index contributed by atoms with van der Waals surface area (Å²) in [6, 6.07) is 0. The zero-order valence-electron chi connectivity index (χ0n) is 6.61. The van der Waals surface area contributed by atoms with Crippen molar-refractivity contribution in [3.05, 3.63) is 0 Å². The molecule has 0 spiro atoms. The molecular weight excluding hydrogens is 156 g/mol. The van der Waals surface area contributed by atoms with Gasteiger partial charge in [0.15, 0.2) is 0 Å². The zero-order chi connectivity index (χ0) is 7.86. The van der Waals surface area contributed by atoms with Crippen LogP contribution in [0.25, 0.3) is 0 Å². The van der Waals surface area contributed by atoms with Gasteiger partial charge in [-0.15, -0.1) is 12.4 Å². The molecule has 0 saturated heterocycles. The van der Waals surface area contributed by atoms with Gasteiger partial charge in [0.2, 0.25) is 0 Å². The summed E-state index contributed by atoms with van der Waals surface area (Å²) in [5, 5.41) is 24.1. The molecule has 0 aliphatic rings. The van der Waals surface area contributed by atoms with Crippen molar-refractivity contribution < 1.29 is 15.3 Å². The van der Waals surface area contributed by atoms with Crippen LogP contribution in [0.3, 0.4) is 0 Å². The highest BCUT2D eigenvalue weighted by Crippen LogP contribution is 1.68. The Kier molecular flexibility index (Phi) is 19.8. The van der Waals surface area contributed by atoms with Crippen LogP contribution in [-0.2, 0) is 0 Å². The average molecular weight is 173 g/mol. The lowest BCUT2D eigenvalue weighted by Crippen LogP contribution is -2.03. The summed E-state index contributed by atoms with van der Waals surface area (Å²) in [6.45, 7) is 4.83. The van der Waals surface area contributed by atoms with E-state index in [1.54, 1.807) is 13.8 Å². The summed E-state index contributed by atoms with van der Waals surface area (Å²) in [4.78, 5) is 0. The number of aliphatic hydroxyl groups is 3. The van der Waals surface area contributed by atoms with Gasteiger partial charge in [0, 0.05) is 6.10 Å². The number of aliphatic hydroxyl groups excluding tert-OH is 3. The van der Waals surface area contributed by atoms with Gasteiger partial charge < -0.3 is 15.3 Å². The molecule has 0 rings (SSSR count). The van der Waals surface area contributed by atoms with Crippen LogP contribution in [-0.4, -0.2) is 34.1 Å². The highest BCUT2D eigenvalue weighted by Gasteiger charge is 1.83. The summed E-state index contributed by atoms with van der Waals surface area (Å²) in [6.07, 6.45) is -0.727. The Morgan fingerprint density at radius 3 is 1.20 bits per heavy atom. The third-order valence-corrected chi connectivity index (χ3v) is 0.264. The second-order valence-electron chi connectivity index (χ2n) is 2.13. The first-order valence-electron chi connectivity index (χ1n) is 2.97. The monoisotopic (exact) mass is 172 g/mol. The summed E-state index contributed by atoms with van der Waals surface area (Å²) < 4.78 is 0. The molecule has 66 valence electrons. The van der Waals surface area contributed by atoms with Crippen LogP contribution in [0.15, 0.2) is 0 Å². The van der Waals surface area contributed by atoms with Crippen LogP contribution in [0.1, 0.15) is 20.8 Å². The van der Waals surface area contributed by atoms with Crippen molar-refractivity contribution in [2.45, 2.75) is 33.0 Å². The van der Waals surface area contributed by atoms with Gasteiger partial charge in [-0.2, -0.15) is 0 Å². The van der Waals surface area contributed by atoms with E-state index >= 15 is 0 Å². The van der Waals surface area contributed by atoms with Gasteiger partial charge in [0.1, 0.15) is 0 Å². The molecule has 0 bridgehead atoms. The van der Waals surface area contributed by atoms with Crippen molar-refractivity contribution in [3.63, 3.8) is 0 Å². The smallest absolute Gasteiger partial charge is 0.0742 e. The van der Waals surface area contributed by atoms with E-state index in [0.717, 1.165) is 0 Å². The van der Waals surface area contributed by atoms with Gasteiger partial charge in [-0.05, 0) is 20.8 Å². The summed E-state index contributed by atoms with van der Waals surface area (Å²) in [5.74, 6) is 0. The number of hydrogen-bond donors (Lipinski definition) is 3. The molecule has 3 nitrogen and oxygen atoms in total. The minimum absolute atomic E-state index is 0. The third-order valence-electron chi connectivity index (χ3n) is 0.264. The van der Waals surface area contributed by atoms with E-state index < -0.39 is 6.10 Å². The van der Waals surface area contributed by atoms with Gasteiger partial charge in [-0.25, -0.2) is 0 Å². The van der Waals surface area contributed by atoms with Crippen molar-refractivity contribution in [2.75, 3.05) is 6.61 Å². The fraction of sp³-hybridized carbons (Fsp3) is 1.00. The Balaban J connectivity index is -0.0000000910. The number of halogens is 1. The lowest BCUT2D eigenvalue weighted by Gasteiger charge is -1.90. The molecule has 1 unspecified atom stereocenters. The molecule has 1 atom stereocenters. The molecule has 10 heavy (non-hydrogen) atoms. The maximum absolute atomic E-state index is 8.11. The molecule has 0 heterocycles. The molecule has 0 fully saturated rings. The van der Waals surface area contributed by atoms with Crippen molar-refractivity contribution >= 4 is 12.4 Å². The lowest BCUT2D eigenvalue weighted by molar-refractivity contribution is 0.110. The quantitative estimate of drug-likeness (QED) is 0.529. The van der Waals surface area contributed by atoms with Crippen molar-refractivity contribution in [1.82, 2.24) is 0 Å². The van der Waals surface area contributed by atoms with Gasteiger partial charge in [0.05, 0.1) is 12.7 Å². The second kappa shape index (κ2) is 11.9. The van der Waals surface area contributed by atoms with E-state index in [-0.39, 0.29) is 25.1 Å². The van der Waals surface area contributed by atoms with Crippen molar-refractivity contribution in [2.24, 2.45) is 0 Å². The Bertz CT molecular complexity index is 45.5. The largest absolute Gasteiger partial charge is 0.394 e. The molecule has 0 aromatic carbocycles. The van der Waals surface area contributed by atoms with Gasteiger partial charge in [0.25, 0.3) is 0 Å². The Labute approximate surface area is 68.1 Å². The molecule has 0 aromatic heterocycles. The maximum atomic E-state index is 8.11. The first-order chi connectivity index (χ1) is 4.00. The van der Waals surface area contributed by atoms with Crippen LogP contribution in [0, 0.1) is 0 Å². The molecule has 0 amide bonds. The summed E-state index contributed by atoms with van der Waals surface area (Å²) in [7, 11) is 0. The number of rotatable bonds is 1. The molecule has 0 radical (unpaired) electrons. The van der Waals surface area contributed by atoms with E-state index in [4.69, 9.17) is 15.3 Å². The van der Waals surface area contributed by atoms with E-state index in [0.29, 0.717) is 0 Å². The fourth-order valence-corrected chi connectivity index (χ4v) is 0. The molecule has 4 heteroatoms. The Morgan fingerprint density at radius 2 is 1.20 bits per heavy atom. The molecule has 0 saturated carbocycles. The van der Waals surface area contributed by atoms with Crippen molar-refractivity contribution in [1.29, 1.82) is 0 Å². The van der Waals surface area contributed by atoms with E-state index in [1.165, 1.54) is 6.92 Å². The predicted octanol–water partition coefficient (Wildman–Crippen LogP) is 0.168. The first kappa shape index (κ1) is 16.6. The van der Waals surface area contributed by atoms with Crippen LogP contribution in [0.4, 0.5) is 0 Å². The minimum Gasteiger partial charge on any atom is -0.394 e. The van der Waals surface area contributed by atoms with Crippen LogP contribution in [0.5, 0.6) is 0 Å². The van der Waals surface area contributed by atoms with Crippen LogP contribution >= 0.6 is 12.4 Å². The standard InChI is InChI=1S/C3H8O2.C3H8O.ClH/c1-3(5)2-4;1-3(2)4;/h3-5H,2H2,1H3;3-4H,1-2H3;1H. The minimum atomic E-state index is -0.560. The van der Waals surface area contributed by atoms with Crippen LogP contribution in [0.2, 0.25) is 0 Å². The first-order valence-corrected chi connectivity index (χ1v) is 2.97. The Hall–Kier alpha value is 0.170. The molecule has 0 aromatic rings. The Morgan fingerprint density at radius 1 is 1.10 bits per heavy atom. The molecular formula is C6H17ClO3. The van der Waals surface area contributed by atoms with Gasteiger partial charge in [-0.1, -0.05) is 0 Å². The normalized spacial score (nSPS) is 11.1. The van der Waals surface area contributed by atoms with Gasteiger partial charge >= 0.3 is 0 Å². The van der Waals surface area contributed by atoms with E-state index in [2.05, 4.69) is 0 Å². The topological polar surface area (TPSA) is 60.7 Å². The molecule has 0 aliphatic heterocycles. The highest BCUT2D eigenvalue weighted by atomic mass is 35.5.